The summed E-state index contributed by atoms with van der Waals surface area (Å²) in [6, 6.07) is 0. The standard InChI is InChI=1S/C13H22O5S/c1-11(15)19-9-4-2-3-7-13(17)18-10-12(16)6-5-8-14/h14H,2-10H2,1H3. The second-order valence-corrected chi connectivity index (χ2v) is 5.45. The number of thioether (sulfide) groups is 1. The summed E-state index contributed by atoms with van der Waals surface area (Å²) >= 11 is 1.29. The molecule has 0 atom stereocenters. The van der Waals surface area contributed by atoms with E-state index in [-0.39, 0.29) is 36.5 Å². The predicted octanol–water partition coefficient (Wildman–Crippen LogP) is 1.71. The maximum atomic E-state index is 11.3. The number of aliphatic hydroxyl groups is 1. The van der Waals surface area contributed by atoms with Crippen LogP contribution in [-0.2, 0) is 19.1 Å². The molecule has 0 saturated carbocycles. The third kappa shape index (κ3) is 13.4. The van der Waals surface area contributed by atoms with Gasteiger partial charge in [0.1, 0.15) is 6.61 Å². The van der Waals surface area contributed by atoms with Crippen LogP contribution < -0.4 is 0 Å². The second-order valence-electron chi connectivity index (χ2n) is 4.18. The van der Waals surface area contributed by atoms with Crippen molar-refractivity contribution in [2.45, 2.75) is 45.4 Å². The number of ether oxygens (including phenoxy) is 1. The lowest BCUT2D eigenvalue weighted by Crippen LogP contribution is -2.13. The van der Waals surface area contributed by atoms with Crippen LogP contribution in [0.1, 0.15) is 45.4 Å². The fourth-order valence-electron chi connectivity index (χ4n) is 1.35. The highest BCUT2D eigenvalue weighted by molar-refractivity contribution is 8.13. The number of ketones is 1. The number of hydrogen-bond acceptors (Lipinski definition) is 6. The molecule has 0 aromatic carbocycles. The smallest absolute Gasteiger partial charge is 0.306 e. The molecule has 0 aliphatic carbocycles. The molecular formula is C13H22O5S. The second kappa shape index (κ2) is 12.2. The van der Waals surface area contributed by atoms with E-state index in [1.165, 1.54) is 18.7 Å². The molecule has 0 unspecified atom stereocenters. The summed E-state index contributed by atoms with van der Waals surface area (Å²) in [5, 5.41) is 8.64. The van der Waals surface area contributed by atoms with Crippen molar-refractivity contribution in [2.24, 2.45) is 0 Å². The summed E-state index contributed by atoms with van der Waals surface area (Å²) in [6.07, 6.45) is 3.43. The van der Waals surface area contributed by atoms with Gasteiger partial charge in [-0.3, -0.25) is 14.4 Å². The lowest BCUT2D eigenvalue weighted by Gasteiger charge is -2.04. The number of hydrogen-bond donors (Lipinski definition) is 1. The van der Waals surface area contributed by atoms with Crippen molar-refractivity contribution in [3.8, 4) is 0 Å². The number of Topliss-reactive ketones (excluding diaryl/α,β-unsaturated/α-hetero) is 1. The van der Waals surface area contributed by atoms with Gasteiger partial charge in [0, 0.05) is 32.1 Å². The summed E-state index contributed by atoms with van der Waals surface area (Å²) in [6.45, 7) is 1.31. The Balaban J connectivity index is 3.39. The first-order chi connectivity index (χ1) is 9.06. The van der Waals surface area contributed by atoms with Gasteiger partial charge in [0.15, 0.2) is 10.9 Å². The van der Waals surface area contributed by atoms with Crippen LogP contribution in [0, 0.1) is 0 Å². The average molecular weight is 290 g/mol. The summed E-state index contributed by atoms with van der Waals surface area (Å²) < 4.78 is 4.82. The molecule has 0 heterocycles. The number of aliphatic hydroxyl groups excluding tert-OH is 1. The fourth-order valence-corrected chi connectivity index (χ4v) is 1.98. The van der Waals surface area contributed by atoms with E-state index in [2.05, 4.69) is 0 Å². The average Bonchev–Trinajstić information content (AvgIpc) is 2.37. The molecule has 0 bridgehead atoms. The van der Waals surface area contributed by atoms with Crippen LogP contribution in [0.25, 0.3) is 0 Å². The highest BCUT2D eigenvalue weighted by Crippen LogP contribution is 2.08. The third-order valence-electron chi connectivity index (χ3n) is 2.34. The first kappa shape index (κ1) is 18.1. The molecule has 0 radical (unpaired) electrons. The van der Waals surface area contributed by atoms with E-state index in [1.54, 1.807) is 0 Å². The van der Waals surface area contributed by atoms with Gasteiger partial charge in [-0.1, -0.05) is 18.2 Å². The van der Waals surface area contributed by atoms with Crippen molar-refractivity contribution in [1.29, 1.82) is 0 Å². The minimum atomic E-state index is -0.364. The molecule has 0 aliphatic heterocycles. The molecule has 0 aliphatic rings. The van der Waals surface area contributed by atoms with Gasteiger partial charge in [0.25, 0.3) is 0 Å². The Kier molecular flexibility index (Phi) is 11.6. The van der Waals surface area contributed by atoms with Crippen molar-refractivity contribution in [1.82, 2.24) is 0 Å². The Labute approximate surface area is 118 Å². The number of rotatable bonds is 11. The molecule has 0 rings (SSSR count). The Morgan fingerprint density at radius 1 is 1.05 bits per heavy atom. The minimum absolute atomic E-state index is 0.0298. The number of carbonyl (C=O) groups is 3. The largest absolute Gasteiger partial charge is 0.458 e. The maximum absolute atomic E-state index is 11.3. The van der Waals surface area contributed by atoms with Gasteiger partial charge in [-0.15, -0.1) is 0 Å². The predicted molar refractivity (Wildman–Crippen MR) is 73.9 cm³/mol. The lowest BCUT2D eigenvalue weighted by atomic mass is 10.2. The van der Waals surface area contributed by atoms with Gasteiger partial charge in [0.2, 0.25) is 0 Å². The van der Waals surface area contributed by atoms with Crippen LogP contribution in [-0.4, -0.2) is 40.9 Å². The van der Waals surface area contributed by atoms with Gasteiger partial charge in [-0.05, 0) is 19.3 Å². The van der Waals surface area contributed by atoms with Crippen LogP contribution in [0.4, 0.5) is 0 Å². The van der Waals surface area contributed by atoms with Crippen LogP contribution in [0.5, 0.6) is 0 Å². The summed E-state index contributed by atoms with van der Waals surface area (Å²) in [7, 11) is 0. The van der Waals surface area contributed by atoms with Crippen LogP contribution in [0.3, 0.4) is 0 Å². The first-order valence-corrected chi connectivity index (χ1v) is 7.46. The van der Waals surface area contributed by atoms with E-state index in [0.29, 0.717) is 19.3 Å². The maximum Gasteiger partial charge on any atom is 0.306 e. The highest BCUT2D eigenvalue weighted by atomic mass is 32.2. The summed E-state index contributed by atoms with van der Waals surface area (Å²) in [5.74, 6) is 0.251. The van der Waals surface area contributed by atoms with Crippen LogP contribution >= 0.6 is 11.8 Å². The topological polar surface area (TPSA) is 80.7 Å². The molecule has 5 nitrogen and oxygen atoms in total. The summed E-state index contributed by atoms with van der Waals surface area (Å²) in [5.41, 5.74) is 0. The summed E-state index contributed by atoms with van der Waals surface area (Å²) in [4.78, 5) is 33.1. The monoisotopic (exact) mass is 290 g/mol. The van der Waals surface area contributed by atoms with Crippen molar-refractivity contribution < 1.29 is 24.2 Å². The van der Waals surface area contributed by atoms with Gasteiger partial charge >= 0.3 is 5.97 Å². The molecule has 1 N–H and O–H groups in total. The molecule has 0 aromatic rings. The van der Waals surface area contributed by atoms with Crippen molar-refractivity contribution in [2.75, 3.05) is 19.0 Å². The highest BCUT2D eigenvalue weighted by Gasteiger charge is 2.07. The van der Waals surface area contributed by atoms with E-state index < -0.39 is 0 Å². The molecule has 6 heteroatoms. The minimum Gasteiger partial charge on any atom is -0.458 e. The van der Waals surface area contributed by atoms with Crippen molar-refractivity contribution >= 4 is 28.6 Å². The van der Waals surface area contributed by atoms with E-state index in [1.807, 2.05) is 0 Å². The van der Waals surface area contributed by atoms with Crippen molar-refractivity contribution in [3.05, 3.63) is 0 Å². The van der Waals surface area contributed by atoms with Crippen LogP contribution in [0.15, 0.2) is 0 Å². The third-order valence-corrected chi connectivity index (χ3v) is 3.24. The Hall–Kier alpha value is -0.880. The van der Waals surface area contributed by atoms with E-state index in [4.69, 9.17) is 9.84 Å². The van der Waals surface area contributed by atoms with Crippen LogP contribution in [0.2, 0.25) is 0 Å². The van der Waals surface area contributed by atoms with Crippen molar-refractivity contribution in [3.63, 3.8) is 0 Å². The van der Waals surface area contributed by atoms with Gasteiger partial charge < -0.3 is 9.84 Å². The van der Waals surface area contributed by atoms with Gasteiger partial charge in [0.05, 0.1) is 0 Å². The van der Waals surface area contributed by atoms with E-state index in [9.17, 15) is 14.4 Å². The Morgan fingerprint density at radius 2 is 1.79 bits per heavy atom. The number of unbranched alkanes of at least 4 members (excludes halogenated alkanes) is 2. The molecule has 19 heavy (non-hydrogen) atoms. The molecule has 0 fully saturated rings. The zero-order valence-electron chi connectivity index (χ0n) is 11.4. The molecule has 0 aromatic heterocycles. The molecule has 0 amide bonds. The quantitative estimate of drug-likeness (QED) is 0.461. The zero-order chi connectivity index (χ0) is 14.5. The first-order valence-electron chi connectivity index (χ1n) is 6.47. The fraction of sp³-hybridized carbons (Fsp3) is 0.769. The Bertz CT molecular complexity index is 291. The SMILES string of the molecule is CC(=O)SCCCCCC(=O)OCC(=O)CCCO. The lowest BCUT2D eigenvalue weighted by molar-refractivity contribution is -0.148. The van der Waals surface area contributed by atoms with E-state index in [0.717, 1.165) is 18.6 Å². The van der Waals surface area contributed by atoms with Gasteiger partial charge in [-0.25, -0.2) is 0 Å². The molecule has 0 saturated heterocycles. The Morgan fingerprint density at radius 3 is 2.42 bits per heavy atom. The number of carbonyl (C=O) groups excluding carboxylic acids is 3. The normalized spacial score (nSPS) is 10.2. The molecular weight excluding hydrogens is 268 g/mol. The molecule has 0 spiro atoms. The van der Waals surface area contributed by atoms with E-state index >= 15 is 0 Å². The number of esters is 1. The molecule has 110 valence electrons. The van der Waals surface area contributed by atoms with Gasteiger partial charge in [-0.2, -0.15) is 0 Å². The zero-order valence-corrected chi connectivity index (χ0v) is 12.2.